The summed E-state index contributed by atoms with van der Waals surface area (Å²) in [5.41, 5.74) is 2.53. The highest BCUT2D eigenvalue weighted by molar-refractivity contribution is 14.1. The molecule has 0 amide bonds. The summed E-state index contributed by atoms with van der Waals surface area (Å²) in [7, 11) is 1.62. The lowest BCUT2D eigenvalue weighted by atomic mass is 10.2. The SMILES string of the molecule is COCc1nc(-c2ncccc2C)nc(Cl)c1I. The number of halogens is 2. The smallest absolute Gasteiger partial charge is 0.180 e. The Hall–Kier alpha value is -0.790. The quantitative estimate of drug-likeness (QED) is 0.610. The lowest BCUT2D eigenvalue weighted by Gasteiger charge is -2.08. The summed E-state index contributed by atoms with van der Waals surface area (Å²) in [6, 6.07) is 3.84. The zero-order valence-corrected chi connectivity index (χ0v) is 12.9. The van der Waals surface area contributed by atoms with Crippen molar-refractivity contribution >= 4 is 34.2 Å². The maximum absolute atomic E-state index is 6.12. The summed E-state index contributed by atoms with van der Waals surface area (Å²) >= 11 is 8.23. The Bertz CT molecular complexity index is 577. The topological polar surface area (TPSA) is 47.9 Å². The third kappa shape index (κ3) is 2.78. The molecular weight excluding hydrogens is 365 g/mol. The Balaban J connectivity index is 2.56. The molecule has 2 rings (SSSR count). The Morgan fingerprint density at radius 2 is 2.17 bits per heavy atom. The van der Waals surface area contributed by atoms with E-state index < -0.39 is 0 Å². The van der Waals surface area contributed by atoms with Gasteiger partial charge in [-0.2, -0.15) is 0 Å². The van der Waals surface area contributed by atoms with E-state index in [1.165, 1.54) is 0 Å². The minimum absolute atomic E-state index is 0.402. The largest absolute Gasteiger partial charge is 0.378 e. The highest BCUT2D eigenvalue weighted by Gasteiger charge is 2.13. The van der Waals surface area contributed by atoms with E-state index in [-0.39, 0.29) is 0 Å². The molecule has 0 aliphatic carbocycles. The van der Waals surface area contributed by atoms with E-state index in [2.05, 4.69) is 37.5 Å². The zero-order valence-electron chi connectivity index (χ0n) is 9.94. The lowest BCUT2D eigenvalue weighted by molar-refractivity contribution is 0.181. The molecule has 0 saturated heterocycles. The van der Waals surface area contributed by atoms with Gasteiger partial charge in [-0.05, 0) is 41.1 Å². The number of rotatable bonds is 3. The molecule has 2 heterocycles. The molecule has 0 N–H and O–H groups in total. The first-order chi connectivity index (χ1) is 8.63. The monoisotopic (exact) mass is 375 g/mol. The average molecular weight is 376 g/mol. The van der Waals surface area contributed by atoms with Gasteiger partial charge in [0, 0.05) is 13.3 Å². The van der Waals surface area contributed by atoms with Crippen molar-refractivity contribution in [1.82, 2.24) is 15.0 Å². The van der Waals surface area contributed by atoms with Crippen LogP contribution in [0.15, 0.2) is 18.3 Å². The second kappa shape index (κ2) is 5.90. The maximum Gasteiger partial charge on any atom is 0.180 e. The molecule has 0 bridgehead atoms. The minimum atomic E-state index is 0.402. The van der Waals surface area contributed by atoms with Crippen molar-refractivity contribution in [3.05, 3.63) is 38.3 Å². The number of nitrogens with zero attached hydrogens (tertiary/aromatic N) is 3. The van der Waals surface area contributed by atoms with Crippen molar-refractivity contribution in [2.45, 2.75) is 13.5 Å². The molecule has 0 atom stereocenters. The summed E-state index contributed by atoms with van der Waals surface area (Å²) in [5.74, 6) is 0.533. The van der Waals surface area contributed by atoms with E-state index >= 15 is 0 Å². The molecule has 0 radical (unpaired) electrons. The molecule has 0 unspecified atom stereocenters. The van der Waals surface area contributed by atoms with Crippen molar-refractivity contribution in [3.8, 4) is 11.5 Å². The van der Waals surface area contributed by atoms with Crippen LogP contribution in [0, 0.1) is 10.5 Å². The number of hydrogen-bond acceptors (Lipinski definition) is 4. The van der Waals surface area contributed by atoms with Gasteiger partial charge >= 0.3 is 0 Å². The van der Waals surface area contributed by atoms with Crippen LogP contribution in [-0.4, -0.2) is 22.1 Å². The van der Waals surface area contributed by atoms with Crippen LogP contribution in [0.4, 0.5) is 0 Å². The lowest BCUT2D eigenvalue weighted by Crippen LogP contribution is -2.03. The third-order valence-corrected chi connectivity index (χ3v) is 4.11. The van der Waals surface area contributed by atoms with Gasteiger partial charge < -0.3 is 4.74 Å². The Morgan fingerprint density at radius 3 is 2.83 bits per heavy atom. The summed E-state index contributed by atoms with van der Waals surface area (Å²) in [6.45, 7) is 2.37. The van der Waals surface area contributed by atoms with Crippen LogP contribution in [0.25, 0.3) is 11.5 Å². The van der Waals surface area contributed by atoms with E-state index in [9.17, 15) is 0 Å². The summed E-state index contributed by atoms with van der Waals surface area (Å²) in [4.78, 5) is 13.0. The van der Waals surface area contributed by atoms with E-state index in [1.54, 1.807) is 13.3 Å². The van der Waals surface area contributed by atoms with Gasteiger partial charge in [0.15, 0.2) is 5.82 Å². The minimum Gasteiger partial charge on any atom is -0.378 e. The number of aryl methyl sites for hydroxylation is 1. The normalized spacial score (nSPS) is 10.7. The molecule has 94 valence electrons. The van der Waals surface area contributed by atoms with Crippen LogP contribution >= 0.6 is 34.2 Å². The average Bonchev–Trinajstić information content (AvgIpc) is 2.35. The molecule has 2 aromatic rings. The fourth-order valence-corrected chi connectivity index (χ4v) is 2.11. The summed E-state index contributed by atoms with van der Waals surface area (Å²) < 4.78 is 5.92. The molecular formula is C12H11ClIN3O. The van der Waals surface area contributed by atoms with Crippen molar-refractivity contribution in [2.24, 2.45) is 0 Å². The van der Waals surface area contributed by atoms with Gasteiger partial charge in [-0.3, -0.25) is 4.98 Å². The highest BCUT2D eigenvalue weighted by atomic mass is 127. The molecule has 0 aliphatic heterocycles. The van der Waals surface area contributed by atoms with Crippen LogP contribution in [-0.2, 0) is 11.3 Å². The van der Waals surface area contributed by atoms with Gasteiger partial charge in [-0.25, -0.2) is 9.97 Å². The van der Waals surface area contributed by atoms with E-state index in [1.807, 2.05) is 19.1 Å². The molecule has 0 fully saturated rings. The second-order valence-electron chi connectivity index (χ2n) is 3.70. The van der Waals surface area contributed by atoms with Crippen LogP contribution in [0.1, 0.15) is 11.3 Å². The first-order valence-electron chi connectivity index (χ1n) is 5.26. The van der Waals surface area contributed by atoms with Crippen molar-refractivity contribution in [1.29, 1.82) is 0 Å². The van der Waals surface area contributed by atoms with Crippen LogP contribution < -0.4 is 0 Å². The number of hydrogen-bond donors (Lipinski definition) is 0. The molecule has 0 aliphatic rings. The van der Waals surface area contributed by atoms with Crippen LogP contribution in [0.2, 0.25) is 5.15 Å². The fraction of sp³-hybridized carbons (Fsp3) is 0.250. The predicted octanol–water partition coefficient (Wildman–Crippen LogP) is 3.25. The molecule has 18 heavy (non-hydrogen) atoms. The third-order valence-electron chi connectivity index (χ3n) is 2.38. The maximum atomic E-state index is 6.12. The number of methoxy groups -OCH3 is 1. The molecule has 0 saturated carbocycles. The van der Waals surface area contributed by atoms with Gasteiger partial charge in [-0.15, -0.1) is 0 Å². The van der Waals surface area contributed by atoms with Gasteiger partial charge in [0.05, 0.1) is 15.9 Å². The molecule has 0 aromatic carbocycles. The Morgan fingerprint density at radius 1 is 1.39 bits per heavy atom. The van der Waals surface area contributed by atoms with Crippen LogP contribution in [0.5, 0.6) is 0 Å². The number of ether oxygens (including phenoxy) is 1. The van der Waals surface area contributed by atoms with Gasteiger partial charge in [0.2, 0.25) is 0 Å². The summed E-state index contributed by atoms with van der Waals surface area (Å²) in [5, 5.41) is 0.428. The van der Waals surface area contributed by atoms with E-state index in [0.717, 1.165) is 20.5 Å². The Kier molecular flexibility index (Phi) is 4.47. The number of pyridine rings is 1. The zero-order chi connectivity index (χ0) is 13.1. The van der Waals surface area contributed by atoms with Gasteiger partial charge in [-0.1, -0.05) is 17.7 Å². The molecule has 4 nitrogen and oxygen atoms in total. The fourth-order valence-electron chi connectivity index (χ4n) is 1.52. The van der Waals surface area contributed by atoms with Crippen LogP contribution in [0.3, 0.4) is 0 Å². The van der Waals surface area contributed by atoms with E-state index in [0.29, 0.717) is 17.6 Å². The van der Waals surface area contributed by atoms with Gasteiger partial charge in [0.25, 0.3) is 0 Å². The standard InChI is InChI=1S/C12H11ClIN3O/c1-7-4-3-5-15-10(7)12-16-8(6-18-2)9(14)11(13)17-12/h3-5H,6H2,1-2H3. The Labute approximate surface area is 124 Å². The molecule has 6 heteroatoms. The molecule has 2 aromatic heterocycles. The first kappa shape index (κ1) is 13.6. The van der Waals surface area contributed by atoms with Crippen molar-refractivity contribution in [2.75, 3.05) is 7.11 Å². The van der Waals surface area contributed by atoms with Gasteiger partial charge in [0.1, 0.15) is 10.8 Å². The predicted molar refractivity (Wildman–Crippen MR) is 78.4 cm³/mol. The van der Waals surface area contributed by atoms with Crippen molar-refractivity contribution < 1.29 is 4.74 Å². The molecule has 0 spiro atoms. The second-order valence-corrected chi connectivity index (χ2v) is 5.14. The summed E-state index contributed by atoms with van der Waals surface area (Å²) in [6.07, 6.45) is 1.72. The first-order valence-corrected chi connectivity index (χ1v) is 6.72. The van der Waals surface area contributed by atoms with Crippen molar-refractivity contribution in [3.63, 3.8) is 0 Å². The highest BCUT2D eigenvalue weighted by Crippen LogP contribution is 2.24. The van der Waals surface area contributed by atoms with E-state index in [4.69, 9.17) is 16.3 Å². The number of aromatic nitrogens is 3.